The van der Waals surface area contributed by atoms with Crippen LogP contribution in [-0.4, -0.2) is 24.6 Å². The lowest BCUT2D eigenvalue weighted by atomic mass is 10.1. The quantitative estimate of drug-likeness (QED) is 0.740. The van der Waals surface area contributed by atoms with E-state index in [9.17, 15) is 14.4 Å². The van der Waals surface area contributed by atoms with E-state index in [0.29, 0.717) is 11.3 Å². The smallest absolute Gasteiger partial charge is 0.328 e. The van der Waals surface area contributed by atoms with E-state index >= 15 is 0 Å². The molecule has 0 bridgehead atoms. The number of nitrogens with zero attached hydrogens (tertiary/aromatic N) is 4. The molecule has 2 heterocycles. The zero-order valence-electron chi connectivity index (χ0n) is 15.0. The van der Waals surface area contributed by atoms with E-state index in [2.05, 4.69) is 17.2 Å². The summed E-state index contributed by atoms with van der Waals surface area (Å²) in [5, 5.41) is 2.72. The van der Waals surface area contributed by atoms with Crippen LogP contribution in [0.4, 0.5) is 5.69 Å². The fourth-order valence-corrected chi connectivity index (χ4v) is 2.92. The molecule has 0 saturated heterocycles. The SMILES string of the molecule is CCCc1ccc(NC(=O)Cn2c(=O)c3c(ncn3C)n(C)c2=O)cc1. The van der Waals surface area contributed by atoms with E-state index in [4.69, 9.17) is 0 Å². The Hall–Kier alpha value is -3.16. The van der Waals surface area contributed by atoms with Crippen LogP contribution in [0.2, 0.25) is 0 Å². The van der Waals surface area contributed by atoms with Crippen LogP contribution >= 0.6 is 0 Å². The number of benzene rings is 1. The lowest BCUT2D eigenvalue weighted by Gasteiger charge is -2.10. The molecule has 1 amide bonds. The van der Waals surface area contributed by atoms with Gasteiger partial charge in [-0.3, -0.25) is 14.2 Å². The summed E-state index contributed by atoms with van der Waals surface area (Å²) in [6, 6.07) is 7.53. The molecule has 26 heavy (non-hydrogen) atoms. The summed E-state index contributed by atoms with van der Waals surface area (Å²) in [7, 11) is 3.20. The van der Waals surface area contributed by atoms with E-state index in [0.717, 1.165) is 17.4 Å². The Balaban J connectivity index is 1.86. The molecule has 0 aliphatic heterocycles. The summed E-state index contributed by atoms with van der Waals surface area (Å²) >= 11 is 0. The number of imidazole rings is 1. The van der Waals surface area contributed by atoms with Gasteiger partial charge in [0, 0.05) is 19.8 Å². The topological polar surface area (TPSA) is 90.9 Å². The summed E-state index contributed by atoms with van der Waals surface area (Å²) in [5.41, 5.74) is 1.29. The van der Waals surface area contributed by atoms with E-state index in [1.165, 1.54) is 28.1 Å². The Morgan fingerprint density at radius 3 is 2.50 bits per heavy atom. The van der Waals surface area contributed by atoms with Gasteiger partial charge < -0.3 is 9.88 Å². The van der Waals surface area contributed by atoms with Crippen LogP contribution in [-0.2, 0) is 31.9 Å². The number of carbonyl (C=O) groups excluding carboxylic acids is 1. The Morgan fingerprint density at radius 2 is 1.85 bits per heavy atom. The maximum atomic E-state index is 12.6. The first-order valence-electron chi connectivity index (χ1n) is 8.42. The first kappa shape index (κ1) is 17.7. The standard InChI is InChI=1S/C18H21N5O3/c1-4-5-12-6-8-13(9-7-12)20-14(24)10-23-17(25)15-16(19-11-21(15)2)22(3)18(23)26/h6-9,11H,4-5,10H2,1-3H3,(H,20,24). The second-order valence-electron chi connectivity index (χ2n) is 6.26. The highest BCUT2D eigenvalue weighted by molar-refractivity contribution is 5.90. The highest BCUT2D eigenvalue weighted by Gasteiger charge is 2.17. The average Bonchev–Trinajstić information content (AvgIpc) is 3.01. The third kappa shape index (κ3) is 3.17. The van der Waals surface area contributed by atoms with Crippen molar-refractivity contribution in [1.29, 1.82) is 0 Å². The highest BCUT2D eigenvalue weighted by Crippen LogP contribution is 2.11. The van der Waals surface area contributed by atoms with Gasteiger partial charge in [-0.05, 0) is 24.1 Å². The number of nitrogens with one attached hydrogen (secondary N) is 1. The summed E-state index contributed by atoms with van der Waals surface area (Å²) in [4.78, 5) is 41.4. The Labute approximate surface area is 149 Å². The van der Waals surface area contributed by atoms with E-state index in [1.807, 2.05) is 24.3 Å². The van der Waals surface area contributed by atoms with Gasteiger partial charge in [0.2, 0.25) is 5.91 Å². The van der Waals surface area contributed by atoms with Gasteiger partial charge in [0.05, 0.1) is 6.33 Å². The Bertz CT molecular complexity index is 1070. The van der Waals surface area contributed by atoms with Crippen molar-refractivity contribution in [3.8, 4) is 0 Å². The third-order valence-electron chi connectivity index (χ3n) is 4.28. The van der Waals surface area contributed by atoms with Crippen LogP contribution < -0.4 is 16.6 Å². The molecule has 8 heteroatoms. The van der Waals surface area contributed by atoms with Crippen LogP contribution in [0.5, 0.6) is 0 Å². The second kappa shape index (κ2) is 6.99. The highest BCUT2D eigenvalue weighted by atomic mass is 16.2. The molecule has 0 aliphatic carbocycles. The third-order valence-corrected chi connectivity index (χ3v) is 4.28. The molecule has 2 aromatic heterocycles. The van der Waals surface area contributed by atoms with Gasteiger partial charge in [0.25, 0.3) is 5.56 Å². The van der Waals surface area contributed by atoms with Gasteiger partial charge in [-0.15, -0.1) is 0 Å². The molecule has 0 atom stereocenters. The number of aryl methyl sites for hydroxylation is 3. The molecule has 136 valence electrons. The minimum atomic E-state index is -0.574. The predicted octanol–water partition coefficient (Wildman–Crippen LogP) is 1.02. The molecule has 8 nitrogen and oxygen atoms in total. The Kier molecular flexibility index (Phi) is 4.75. The summed E-state index contributed by atoms with van der Waals surface area (Å²) in [6.07, 6.45) is 3.49. The minimum Gasteiger partial charge on any atom is -0.328 e. The first-order valence-corrected chi connectivity index (χ1v) is 8.42. The lowest BCUT2D eigenvalue weighted by molar-refractivity contribution is -0.116. The number of rotatable bonds is 5. The fraction of sp³-hybridized carbons (Fsp3) is 0.333. The van der Waals surface area contributed by atoms with Crippen molar-refractivity contribution in [1.82, 2.24) is 18.7 Å². The maximum absolute atomic E-state index is 12.6. The van der Waals surface area contributed by atoms with Crippen molar-refractivity contribution in [2.24, 2.45) is 14.1 Å². The summed E-state index contributed by atoms with van der Waals surface area (Å²) < 4.78 is 3.73. The predicted molar refractivity (Wildman–Crippen MR) is 99.3 cm³/mol. The fourth-order valence-electron chi connectivity index (χ4n) is 2.92. The van der Waals surface area contributed by atoms with Crippen molar-refractivity contribution in [2.75, 3.05) is 5.32 Å². The van der Waals surface area contributed by atoms with Gasteiger partial charge >= 0.3 is 5.69 Å². The van der Waals surface area contributed by atoms with Gasteiger partial charge in [-0.25, -0.2) is 14.3 Å². The van der Waals surface area contributed by atoms with Crippen molar-refractivity contribution in [2.45, 2.75) is 26.3 Å². The number of amides is 1. The molecule has 0 aliphatic rings. The molecule has 0 fully saturated rings. The molecule has 0 unspecified atom stereocenters. The number of hydrogen-bond donors (Lipinski definition) is 1. The van der Waals surface area contributed by atoms with Gasteiger partial charge in [0.1, 0.15) is 6.54 Å². The number of carbonyl (C=O) groups is 1. The van der Waals surface area contributed by atoms with Crippen molar-refractivity contribution in [3.05, 3.63) is 57.0 Å². The van der Waals surface area contributed by atoms with E-state index in [-0.39, 0.29) is 12.1 Å². The second-order valence-corrected chi connectivity index (χ2v) is 6.26. The van der Waals surface area contributed by atoms with Crippen molar-refractivity contribution < 1.29 is 4.79 Å². The largest absolute Gasteiger partial charge is 0.332 e. The van der Waals surface area contributed by atoms with Crippen LogP contribution in [0.25, 0.3) is 11.2 Å². The first-order chi connectivity index (χ1) is 12.4. The molecule has 0 saturated carbocycles. The maximum Gasteiger partial charge on any atom is 0.332 e. The van der Waals surface area contributed by atoms with E-state index in [1.54, 1.807) is 7.05 Å². The van der Waals surface area contributed by atoms with Gasteiger partial charge in [0.15, 0.2) is 11.2 Å². The summed E-state index contributed by atoms with van der Waals surface area (Å²) in [6.45, 7) is 1.75. The lowest BCUT2D eigenvalue weighted by Crippen LogP contribution is -2.42. The molecule has 0 radical (unpaired) electrons. The number of fused-ring (bicyclic) bond motifs is 1. The van der Waals surface area contributed by atoms with Crippen molar-refractivity contribution in [3.63, 3.8) is 0 Å². The molecular weight excluding hydrogens is 334 g/mol. The average molecular weight is 355 g/mol. The number of anilines is 1. The molecule has 1 aromatic carbocycles. The molecule has 3 aromatic rings. The summed E-state index contributed by atoms with van der Waals surface area (Å²) in [5.74, 6) is -0.436. The number of aromatic nitrogens is 4. The van der Waals surface area contributed by atoms with Crippen LogP contribution in [0.3, 0.4) is 0 Å². The zero-order chi connectivity index (χ0) is 18.8. The normalized spacial score (nSPS) is 11.0. The van der Waals surface area contributed by atoms with Gasteiger partial charge in [-0.1, -0.05) is 25.5 Å². The van der Waals surface area contributed by atoms with Crippen LogP contribution in [0, 0.1) is 0 Å². The van der Waals surface area contributed by atoms with Gasteiger partial charge in [-0.2, -0.15) is 0 Å². The van der Waals surface area contributed by atoms with Crippen molar-refractivity contribution >= 4 is 22.8 Å². The van der Waals surface area contributed by atoms with E-state index < -0.39 is 17.2 Å². The van der Waals surface area contributed by atoms with Crippen LogP contribution in [0.1, 0.15) is 18.9 Å². The number of hydrogen-bond acceptors (Lipinski definition) is 4. The zero-order valence-corrected chi connectivity index (χ0v) is 15.0. The van der Waals surface area contributed by atoms with Crippen LogP contribution in [0.15, 0.2) is 40.2 Å². The molecule has 1 N–H and O–H groups in total. The monoisotopic (exact) mass is 355 g/mol. The molecular formula is C18H21N5O3. The minimum absolute atomic E-state index is 0.281. The molecule has 0 spiro atoms. The Morgan fingerprint density at radius 1 is 1.15 bits per heavy atom. The molecule has 3 rings (SSSR count).